The van der Waals surface area contributed by atoms with Gasteiger partial charge in [-0.1, -0.05) is 0 Å². The van der Waals surface area contributed by atoms with Crippen LogP contribution >= 0.6 is 35.1 Å². The van der Waals surface area contributed by atoms with E-state index in [1.807, 2.05) is 7.05 Å². The molecular weight excluding hydrogens is 462 g/mol. The van der Waals surface area contributed by atoms with Crippen molar-refractivity contribution in [2.75, 3.05) is 13.6 Å². The Bertz CT molecular complexity index is 952. The zero-order chi connectivity index (χ0) is 21.3. The maximum absolute atomic E-state index is 13.0. The van der Waals surface area contributed by atoms with Crippen molar-refractivity contribution >= 4 is 52.8 Å². The topological polar surface area (TPSA) is 143 Å². The number of primary amides is 1. The summed E-state index contributed by atoms with van der Waals surface area (Å²) in [4.78, 5) is 43.9. The molecule has 0 saturated heterocycles. The number of fused-ring (bicyclic) bond motifs is 1. The molecule has 0 radical (unpaired) electrons. The van der Waals surface area contributed by atoms with Crippen LogP contribution in [0.1, 0.15) is 50.6 Å². The van der Waals surface area contributed by atoms with Crippen LogP contribution < -0.4 is 16.4 Å². The molecule has 1 aliphatic heterocycles. The minimum absolute atomic E-state index is 0. The van der Waals surface area contributed by atoms with Crippen molar-refractivity contribution in [1.29, 1.82) is 0 Å². The van der Waals surface area contributed by atoms with Crippen molar-refractivity contribution in [2.24, 2.45) is 5.73 Å². The Morgan fingerprint density at radius 1 is 1.23 bits per heavy atom. The van der Waals surface area contributed by atoms with Gasteiger partial charge in [0.1, 0.15) is 10.5 Å². The fraction of sp³-hybridized carbons (Fsp3) is 0.556. The average Bonchev–Trinajstić information content (AvgIpc) is 3.38. The number of nitrogens with one attached hydrogen (secondary N) is 2. The van der Waals surface area contributed by atoms with Gasteiger partial charge in [0.05, 0.1) is 11.7 Å². The molecule has 2 aliphatic rings. The summed E-state index contributed by atoms with van der Waals surface area (Å²) in [5.74, 6) is -2.02. The third-order valence-electron chi connectivity index (χ3n) is 5.55. The molecule has 0 aromatic carbocycles. The smallest absolute Gasteiger partial charge is 0.309 e. The zero-order valence-electron chi connectivity index (χ0n) is 16.9. The number of hydrogen-bond donors (Lipinski definition) is 3. The lowest BCUT2D eigenvalue weighted by molar-refractivity contribution is -0.138. The summed E-state index contributed by atoms with van der Waals surface area (Å²) in [6, 6.07) is -0.758. The van der Waals surface area contributed by atoms with Crippen molar-refractivity contribution in [1.82, 2.24) is 30.7 Å². The Balaban J connectivity index is 0.00000272. The fourth-order valence-electron chi connectivity index (χ4n) is 3.98. The summed E-state index contributed by atoms with van der Waals surface area (Å²) in [5.41, 5.74) is 7.76. The number of nitrogens with zero attached hydrogens (tertiary/aromatic N) is 4. The van der Waals surface area contributed by atoms with E-state index in [2.05, 4.69) is 30.7 Å². The second kappa shape index (κ2) is 9.98. The molecular formula is C18H24ClN7O3S2. The SMILES string of the molecule is CN1CCc2nc(C(=O)N[C@@H]3C[C@@H](c4nncs4)CC[C@@H]3NC(=O)C(N)=O)sc2C1.Cl. The minimum atomic E-state index is -1.04. The second-order valence-electron chi connectivity index (χ2n) is 7.69. The molecule has 31 heavy (non-hydrogen) atoms. The standard InChI is InChI=1S/C18H23N7O3S2.ClH/c1-25-5-4-11-13(7-25)30-18(23-11)16(28)22-12-6-9(17-24-20-8-29-17)2-3-10(12)21-15(27)14(19)26;/h8-10,12H,2-7H2,1H3,(H2,19,26)(H,21,27)(H,22,28);1H/t9-,10-,12+;/m0./s1. The van der Waals surface area contributed by atoms with Crippen LogP contribution in [-0.4, -0.2) is 63.5 Å². The predicted molar refractivity (Wildman–Crippen MR) is 118 cm³/mol. The van der Waals surface area contributed by atoms with E-state index in [-0.39, 0.29) is 36.3 Å². The van der Waals surface area contributed by atoms with E-state index in [0.717, 1.165) is 41.5 Å². The van der Waals surface area contributed by atoms with Crippen LogP contribution in [0.15, 0.2) is 5.51 Å². The van der Waals surface area contributed by atoms with Gasteiger partial charge in [0, 0.05) is 36.3 Å². The van der Waals surface area contributed by atoms with Crippen molar-refractivity contribution in [3.8, 4) is 0 Å². The lowest BCUT2D eigenvalue weighted by Gasteiger charge is -2.35. The van der Waals surface area contributed by atoms with Gasteiger partial charge >= 0.3 is 11.8 Å². The molecule has 1 aliphatic carbocycles. The minimum Gasteiger partial charge on any atom is -0.361 e. The molecule has 0 spiro atoms. The van der Waals surface area contributed by atoms with Crippen molar-refractivity contribution < 1.29 is 14.4 Å². The Kier molecular flexibility index (Phi) is 7.57. The highest BCUT2D eigenvalue weighted by atomic mass is 35.5. The molecule has 0 unspecified atom stereocenters. The van der Waals surface area contributed by atoms with Gasteiger partial charge in [-0.15, -0.1) is 45.3 Å². The highest BCUT2D eigenvalue weighted by Crippen LogP contribution is 2.34. The Morgan fingerprint density at radius 3 is 2.74 bits per heavy atom. The molecule has 13 heteroatoms. The molecule has 168 valence electrons. The molecule has 2 aromatic rings. The van der Waals surface area contributed by atoms with Gasteiger partial charge in [-0.05, 0) is 26.3 Å². The highest BCUT2D eigenvalue weighted by Gasteiger charge is 2.36. The number of halogens is 1. The molecule has 3 heterocycles. The Morgan fingerprint density at radius 2 is 2.03 bits per heavy atom. The number of rotatable bonds is 4. The maximum Gasteiger partial charge on any atom is 0.309 e. The summed E-state index contributed by atoms with van der Waals surface area (Å²) in [7, 11) is 2.05. The van der Waals surface area contributed by atoms with Crippen molar-refractivity contribution in [3.05, 3.63) is 26.1 Å². The Hall–Kier alpha value is -2.15. The van der Waals surface area contributed by atoms with Crippen LogP contribution in [0.3, 0.4) is 0 Å². The largest absolute Gasteiger partial charge is 0.361 e. The Labute approximate surface area is 193 Å². The van der Waals surface area contributed by atoms with Crippen LogP contribution in [0, 0.1) is 0 Å². The molecule has 2 aromatic heterocycles. The van der Waals surface area contributed by atoms with E-state index in [1.54, 1.807) is 5.51 Å². The number of carbonyl (C=O) groups is 3. The summed E-state index contributed by atoms with van der Waals surface area (Å²) in [6.07, 6.45) is 2.77. The fourth-order valence-corrected chi connectivity index (χ4v) is 5.77. The number of carbonyl (C=O) groups excluding carboxylic acids is 3. The van der Waals surface area contributed by atoms with Gasteiger partial charge in [-0.3, -0.25) is 14.4 Å². The third-order valence-corrected chi connectivity index (χ3v) is 7.49. The van der Waals surface area contributed by atoms with E-state index in [1.165, 1.54) is 22.7 Å². The maximum atomic E-state index is 13.0. The van der Waals surface area contributed by atoms with Gasteiger partial charge < -0.3 is 21.3 Å². The normalized spacial score (nSPS) is 23.3. The van der Waals surface area contributed by atoms with Gasteiger partial charge in [0.2, 0.25) is 0 Å². The van der Waals surface area contributed by atoms with Gasteiger partial charge in [0.15, 0.2) is 5.01 Å². The summed E-state index contributed by atoms with van der Waals surface area (Å²) in [5, 5.41) is 15.1. The number of hydrogen-bond acceptors (Lipinski definition) is 9. The molecule has 1 fully saturated rings. The monoisotopic (exact) mass is 485 g/mol. The quantitative estimate of drug-likeness (QED) is 0.533. The third kappa shape index (κ3) is 5.37. The number of amides is 3. The molecule has 10 nitrogen and oxygen atoms in total. The van der Waals surface area contributed by atoms with E-state index in [4.69, 9.17) is 5.73 Å². The first-order valence-electron chi connectivity index (χ1n) is 9.75. The van der Waals surface area contributed by atoms with Gasteiger partial charge in [-0.25, -0.2) is 4.98 Å². The number of aromatic nitrogens is 3. The average molecular weight is 486 g/mol. The molecule has 4 rings (SSSR count). The van der Waals surface area contributed by atoms with Gasteiger partial charge in [-0.2, -0.15) is 0 Å². The first-order valence-corrected chi connectivity index (χ1v) is 11.4. The molecule has 0 bridgehead atoms. The zero-order valence-corrected chi connectivity index (χ0v) is 19.3. The van der Waals surface area contributed by atoms with E-state index in [0.29, 0.717) is 17.8 Å². The highest BCUT2D eigenvalue weighted by molar-refractivity contribution is 7.13. The number of likely N-dealkylation sites (N-methyl/N-ethyl adjacent to an activating group) is 1. The summed E-state index contributed by atoms with van der Waals surface area (Å²) < 4.78 is 0. The van der Waals surface area contributed by atoms with Crippen LogP contribution in [0.5, 0.6) is 0 Å². The van der Waals surface area contributed by atoms with Crippen molar-refractivity contribution in [3.63, 3.8) is 0 Å². The van der Waals surface area contributed by atoms with E-state index in [9.17, 15) is 14.4 Å². The van der Waals surface area contributed by atoms with Gasteiger partial charge in [0.25, 0.3) is 5.91 Å². The molecule has 3 atom stereocenters. The predicted octanol–water partition coefficient (Wildman–Crippen LogP) is 0.440. The number of thiazole rings is 1. The number of nitrogens with two attached hydrogens (primary N) is 1. The molecule has 4 N–H and O–H groups in total. The summed E-state index contributed by atoms with van der Waals surface area (Å²) in [6.45, 7) is 1.71. The van der Waals surface area contributed by atoms with E-state index >= 15 is 0 Å². The van der Waals surface area contributed by atoms with Crippen LogP contribution in [0.25, 0.3) is 0 Å². The van der Waals surface area contributed by atoms with Crippen LogP contribution in [0.2, 0.25) is 0 Å². The lowest BCUT2D eigenvalue weighted by Crippen LogP contribution is -2.56. The van der Waals surface area contributed by atoms with Crippen molar-refractivity contribution in [2.45, 2.75) is 50.2 Å². The first-order chi connectivity index (χ1) is 14.4. The van der Waals surface area contributed by atoms with Crippen LogP contribution in [0.4, 0.5) is 0 Å². The lowest BCUT2D eigenvalue weighted by atomic mass is 9.82. The van der Waals surface area contributed by atoms with E-state index < -0.39 is 11.8 Å². The molecule has 1 saturated carbocycles. The second-order valence-corrected chi connectivity index (χ2v) is 9.64. The summed E-state index contributed by atoms with van der Waals surface area (Å²) >= 11 is 2.88. The molecule has 3 amide bonds. The van der Waals surface area contributed by atoms with Crippen LogP contribution in [-0.2, 0) is 22.6 Å². The first kappa shape index (κ1) is 23.5.